The van der Waals surface area contributed by atoms with Crippen LogP contribution >= 0.6 is 11.3 Å². The molecular weight excluding hydrogens is 500 g/mol. The standard InChI is InChI=1S/C28H33F2NO5S/c29-28(30)6-3-16(4-7-28)14-36-22-19-5-8-37-21(19)2-1-20(22)24(32)31-23(25(33)34)26-10-17-9-18(11-26)13-27(35,12-17)15-26/h1-2,5,8,16-18,23,35H,3-4,6-7,9-15H2,(H,31,32)(H,33,34)/t17?,18?,23-,26?,27?/m1/s1. The molecule has 2 aromatic rings. The van der Waals surface area contributed by atoms with Crippen LogP contribution in [0.15, 0.2) is 23.6 Å². The van der Waals surface area contributed by atoms with Gasteiger partial charge in [0.25, 0.3) is 5.91 Å². The Bertz CT molecular complexity index is 1200. The largest absolute Gasteiger partial charge is 0.492 e. The molecule has 1 amide bonds. The highest BCUT2D eigenvalue weighted by atomic mass is 32.1. The molecule has 2 unspecified atom stereocenters. The predicted octanol–water partition coefficient (Wildman–Crippen LogP) is 5.62. The van der Waals surface area contributed by atoms with E-state index in [1.807, 2.05) is 17.5 Å². The summed E-state index contributed by atoms with van der Waals surface area (Å²) in [5, 5.41) is 26.9. The molecule has 9 heteroatoms. The maximum atomic E-state index is 13.6. The Hall–Kier alpha value is -2.26. The Morgan fingerprint density at radius 3 is 2.46 bits per heavy atom. The van der Waals surface area contributed by atoms with Gasteiger partial charge in [0, 0.05) is 28.3 Å². The second-order valence-corrected chi connectivity index (χ2v) is 13.1. The maximum Gasteiger partial charge on any atom is 0.326 e. The van der Waals surface area contributed by atoms with E-state index in [4.69, 9.17) is 4.74 Å². The molecule has 4 bridgehead atoms. The van der Waals surface area contributed by atoms with Crippen LogP contribution in [0, 0.1) is 23.2 Å². The number of thiophene rings is 1. The van der Waals surface area contributed by atoms with Crippen molar-refractivity contribution in [2.45, 2.75) is 81.8 Å². The number of rotatable bonds is 7. The lowest BCUT2D eigenvalue weighted by Crippen LogP contribution is -2.64. The Morgan fingerprint density at radius 2 is 1.81 bits per heavy atom. The fraction of sp³-hybridized carbons (Fsp3) is 0.643. The van der Waals surface area contributed by atoms with Crippen LogP contribution in [-0.2, 0) is 4.79 Å². The van der Waals surface area contributed by atoms with Gasteiger partial charge in [-0.15, -0.1) is 11.3 Å². The van der Waals surface area contributed by atoms with Crippen LogP contribution in [-0.4, -0.2) is 46.3 Å². The fourth-order valence-electron chi connectivity index (χ4n) is 8.13. The first-order valence-electron chi connectivity index (χ1n) is 13.3. The summed E-state index contributed by atoms with van der Waals surface area (Å²) >= 11 is 1.51. The van der Waals surface area contributed by atoms with E-state index in [2.05, 4.69) is 5.32 Å². The molecule has 1 heterocycles. The Balaban J connectivity index is 1.25. The molecule has 0 aliphatic heterocycles. The number of amides is 1. The van der Waals surface area contributed by atoms with Crippen molar-refractivity contribution in [2.75, 3.05) is 6.61 Å². The normalized spacial score (nSPS) is 33.4. The van der Waals surface area contributed by atoms with E-state index in [1.165, 1.54) is 11.3 Å². The van der Waals surface area contributed by atoms with Crippen LogP contribution in [0.2, 0.25) is 0 Å². The van der Waals surface area contributed by atoms with Crippen molar-refractivity contribution < 1.29 is 33.3 Å². The number of aliphatic hydroxyl groups is 1. The molecular formula is C28H33F2NO5S. The molecule has 5 fully saturated rings. The number of fused-ring (bicyclic) bond motifs is 1. The van der Waals surface area contributed by atoms with Crippen molar-refractivity contribution in [1.29, 1.82) is 0 Å². The van der Waals surface area contributed by atoms with Crippen LogP contribution in [0.3, 0.4) is 0 Å². The Labute approximate surface area is 218 Å². The molecule has 1 aromatic heterocycles. The van der Waals surface area contributed by atoms with E-state index < -0.39 is 34.9 Å². The third-order valence-corrected chi connectivity index (χ3v) is 10.2. The van der Waals surface area contributed by atoms with Gasteiger partial charge >= 0.3 is 5.97 Å². The van der Waals surface area contributed by atoms with Gasteiger partial charge in [-0.25, -0.2) is 13.6 Å². The molecule has 3 N–H and O–H groups in total. The van der Waals surface area contributed by atoms with E-state index in [9.17, 15) is 28.6 Å². The van der Waals surface area contributed by atoms with Gasteiger partial charge in [0.1, 0.15) is 11.8 Å². The van der Waals surface area contributed by atoms with Crippen molar-refractivity contribution in [3.63, 3.8) is 0 Å². The number of hydrogen-bond acceptors (Lipinski definition) is 5. The zero-order chi connectivity index (χ0) is 26.0. The Kier molecular flexibility index (Phi) is 6.02. The van der Waals surface area contributed by atoms with Crippen molar-refractivity contribution in [3.8, 4) is 5.75 Å². The zero-order valence-electron chi connectivity index (χ0n) is 20.7. The average molecular weight is 534 g/mol. The van der Waals surface area contributed by atoms with Crippen LogP contribution in [0.1, 0.15) is 74.6 Å². The molecule has 7 rings (SSSR count). The summed E-state index contributed by atoms with van der Waals surface area (Å²) < 4.78 is 34.3. The minimum Gasteiger partial charge on any atom is -0.492 e. The maximum absolute atomic E-state index is 13.6. The van der Waals surface area contributed by atoms with Gasteiger partial charge in [-0.2, -0.15) is 0 Å². The van der Waals surface area contributed by atoms with Gasteiger partial charge in [0.15, 0.2) is 0 Å². The molecule has 200 valence electrons. The molecule has 0 spiro atoms. The minimum absolute atomic E-state index is 0.0241. The van der Waals surface area contributed by atoms with Crippen LogP contribution < -0.4 is 10.1 Å². The molecule has 6 nitrogen and oxygen atoms in total. The number of carboxylic acid groups (broad SMARTS) is 1. The first-order valence-corrected chi connectivity index (χ1v) is 14.2. The third kappa shape index (κ3) is 4.62. The fourth-order valence-corrected chi connectivity index (χ4v) is 8.91. The molecule has 5 aliphatic carbocycles. The number of halogens is 2. The van der Waals surface area contributed by atoms with E-state index in [1.54, 1.807) is 6.07 Å². The van der Waals surface area contributed by atoms with Crippen LogP contribution in [0.4, 0.5) is 8.78 Å². The monoisotopic (exact) mass is 533 g/mol. The summed E-state index contributed by atoms with van der Waals surface area (Å²) in [6.45, 7) is 0.230. The lowest BCUT2D eigenvalue weighted by molar-refractivity contribution is -0.181. The van der Waals surface area contributed by atoms with E-state index in [-0.39, 0.29) is 42.8 Å². The molecule has 37 heavy (non-hydrogen) atoms. The Morgan fingerprint density at radius 1 is 1.11 bits per heavy atom. The van der Waals surface area contributed by atoms with Crippen molar-refractivity contribution >= 4 is 33.3 Å². The highest BCUT2D eigenvalue weighted by Gasteiger charge is 2.61. The number of hydrogen-bond donors (Lipinski definition) is 3. The van der Waals surface area contributed by atoms with Gasteiger partial charge in [-0.05, 0) is 92.7 Å². The molecule has 1 aromatic carbocycles. The predicted molar refractivity (Wildman–Crippen MR) is 135 cm³/mol. The van der Waals surface area contributed by atoms with Crippen LogP contribution in [0.25, 0.3) is 10.1 Å². The number of carbonyl (C=O) groups is 2. The number of nitrogens with one attached hydrogen (secondary N) is 1. The molecule has 5 aliphatic rings. The molecule has 0 radical (unpaired) electrons. The number of alkyl halides is 2. The van der Waals surface area contributed by atoms with Gasteiger partial charge < -0.3 is 20.3 Å². The topological polar surface area (TPSA) is 95.9 Å². The second-order valence-electron chi connectivity index (χ2n) is 12.2. The molecule has 5 saturated carbocycles. The quantitative estimate of drug-likeness (QED) is 0.429. The first-order chi connectivity index (χ1) is 17.5. The van der Waals surface area contributed by atoms with Gasteiger partial charge in [-0.3, -0.25) is 4.79 Å². The first kappa shape index (κ1) is 25.0. The number of carboxylic acids is 1. The number of carbonyl (C=O) groups excluding carboxylic acids is 1. The molecule has 0 saturated heterocycles. The summed E-state index contributed by atoms with van der Waals surface area (Å²) in [6.07, 6.45) is 4.64. The highest BCUT2D eigenvalue weighted by Crippen LogP contribution is 2.62. The third-order valence-electron chi connectivity index (χ3n) is 9.34. The number of aliphatic carboxylic acids is 1. The minimum atomic E-state index is -2.62. The summed E-state index contributed by atoms with van der Waals surface area (Å²) in [4.78, 5) is 26.2. The number of benzene rings is 1. The van der Waals surface area contributed by atoms with E-state index >= 15 is 0 Å². The second kappa shape index (κ2) is 8.90. The summed E-state index contributed by atoms with van der Waals surface area (Å²) in [7, 11) is 0. The van der Waals surface area contributed by atoms with Gasteiger partial charge in [-0.1, -0.05) is 0 Å². The summed E-state index contributed by atoms with van der Waals surface area (Å²) in [5.74, 6) is -3.30. The highest BCUT2D eigenvalue weighted by molar-refractivity contribution is 7.17. The smallest absolute Gasteiger partial charge is 0.326 e. The van der Waals surface area contributed by atoms with E-state index in [0.717, 1.165) is 16.5 Å². The van der Waals surface area contributed by atoms with Crippen molar-refractivity contribution in [2.24, 2.45) is 23.2 Å². The number of ether oxygens (including phenoxy) is 1. The summed E-state index contributed by atoms with van der Waals surface area (Å²) in [6, 6.07) is 4.24. The molecule has 3 atom stereocenters. The van der Waals surface area contributed by atoms with Gasteiger partial charge in [0.2, 0.25) is 5.92 Å². The average Bonchev–Trinajstić information content (AvgIpc) is 3.29. The zero-order valence-corrected chi connectivity index (χ0v) is 21.5. The lowest BCUT2D eigenvalue weighted by atomic mass is 9.46. The van der Waals surface area contributed by atoms with Crippen molar-refractivity contribution in [1.82, 2.24) is 5.32 Å². The van der Waals surface area contributed by atoms with Gasteiger partial charge in [0.05, 0.1) is 17.8 Å². The van der Waals surface area contributed by atoms with Crippen LogP contribution in [0.5, 0.6) is 5.75 Å². The summed E-state index contributed by atoms with van der Waals surface area (Å²) in [5.41, 5.74) is -1.26. The lowest BCUT2D eigenvalue weighted by Gasteiger charge is -2.61. The van der Waals surface area contributed by atoms with E-state index in [0.29, 0.717) is 50.7 Å². The van der Waals surface area contributed by atoms with Crippen molar-refractivity contribution in [3.05, 3.63) is 29.1 Å². The SMILES string of the molecule is O=C(N[C@H](C(=O)O)C12CC3CC(CC(O)(C3)C1)C2)c1ccc2sccc2c1OCC1CCC(F)(F)CC1.